The van der Waals surface area contributed by atoms with E-state index in [1.807, 2.05) is 26.0 Å². The Morgan fingerprint density at radius 1 is 1.19 bits per heavy atom. The van der Waals surface area contributed by atoms with Crippen molar-refractivity contribution >= 4 is 15.9 Å². The summed E-state index contributed by atoms with van der Waals surface area (Å²) in [6.45, 7) is 7.51. The molecule has 0 aromatic heterocycles. The van der Waals surface area contributed by atoms with Gasteiger partial charge in [0.25, 0.3) is 0 Å². The predicted molar refractivity (Wildman–Crippen MR) is 89.9 cm³/mol. The Kier molecular flexibility index (Phi) is 5.94. The first kappa shape index (κ1) is 16.6. The summed E-state index contributed by atoms with van der Waals surface area (Å²) in [6, 6.07) is 4.09. The van der Waals surface area contributed by atoms with Gasteiger partial charge in [0.2, 0.25) is 0 Å². The molecule has 0 heterocycles. The van der Waals surface area contributed by atoms with Gasteiger partial charge in [0.1, 0.15) is 0 Å². The molecule has 118 valence electrons. The second-order valence-corrected chi connectivity index (χ2v) is 6.64. The molecule has 0 amide bonds. The molecule has 1 aliphatic carbocycles. The van der Waals surface area contributed by atoms with Gasteiger partial charge in [-0.1, -0.05) is 35.7 Å². The average Bonchev–Trinajstić information content (AvgIpc) is 2.87. The minimum absolute atomic E-state index is 0.0479. The summed E-state index contributed by atoms with van der Waals surface area (Å²) in [6.07, 6.45) is 3.78. The van der Waals surface area contributed by atoms with Crippen LogP contribution in [-0.4, -0.2) is 13.2 Å². The minimum Gasteiger partial charge on any atom is -0.490 e. The fraction of sp³-hybridized carbons (Fsp3) is 0.647. The van der Waals surface area contributed by atoms with E-state index in [9.17, 15) is 0 Å². The molecule has 3 nitrogen and oxygen atoms in total. The molecule has 3 unspecified atom stereocenters. The van der Waals surface area contributed by atoms with E-state index in [4.69, 9.17) is 15.2 Å². The van der Waals surface area contributed by atoms with Gasteiger partial charge in [-0.05, 0) is 49.8 Å². The third kappa shape index (κ3) is 3.72. The van der Waals surface area contributed by atoms with Gasteiger partial charge in [-0.15, -0.1) is 0 Å². The van der Waals surface area contributed by atoms with Crippen molar-refractivity contribution in [3.63, 3.8) is 0 Å². The number of hydrogen-bond donors (Lipinski definition) is 1. The maximum absolute atomic E-state index is 6.55. The number of benzene rings is 1. The molecular formula is C17H26BrNO2. The van der Waals surface area contributed by atoms with Crippen molar-refractivity contribution in [1.82, 2.24) is 0 Å². The summed E-state index contributed by atoms with van der Waals surface area (Å²) in [5, 5.41) is 0. The largest absolute Gasteiger partial charge is 0.490 e. The Morgan fingerprint density at radius 2 is 1.81 bits per heavy atom. The molecule has 1 aliphatic rings. The van der Waals surface area contributed by atoms with E-state index < -0.39 is 0 Å². The maximum Gasteiger partial charge on any atom is 0.162 e. The van der Waals surface area contributed by atoms with Crippen molar-refractivity contribution in [3.8, 4) is 11.5 Å². The molecule has 21 heavy (non-hydrogen) atoms. The molecule has 0 radical (unpaired) electrons. The first-order valence-electron chi connectivity index (χ1n) is 7.93. The highest BCUT2D eigenvalue weighted by atomic mass is 79.9. The van der Waals surface area contributed by atoms with Crippen LogP contribution in [0.25, 0.3) is 0 Å². The summed E-state index contributed by atoms with van der Waals surface area (Å²) in [5.41, 5.74) is 7.68. The van der Waals surface area contributed by atoms with Crippen molar-refractivity contribution in [2.24, 2.45) is 17.6 Å². The fourth-order valence-electron chi connectivity index (χ4n) is 3.28. The Bertz CT molecular complexity index is 478. The van der Waals surface area contributed by atoms with E-state index in [1.165, 1.54) is 19.3 Å². The monoisotopic (exact) mass is 355 g/mol. The van der Waals surface area contributed by atoms with Crippen molar-refractivity contribution in [2.45, 2.75) is 46.1 Å². The van der Waals surface area contributed by atoms with Crippen molar-refractivity contribution < 1.29 is 9.47 Å². The van der Waals surface area contributed by atoms with E-state index in [-0.39, 0.29) is 6.04 Å². The van der Waals surface area contributed by atoms with Crippen molar-refractivity contribution in [1.29, 1.82) is 0 Å². The molecule has 1 aromatic carbocycles. The maximum atomic E-state index is 6.55. The average molecular weight is 356 g/mol. The fourth-order valence-corrected chi connectivity index (χ4v) is 3.87. The minimum atomic E-state index is 0.0479. The van der Waals surface area contributed by atoms with Crippen LogP contribution in [0.2, 0.25) is 0 Å². The second kappa shape index (κ2) is 7.50. The van der Waals surface area contributed by atoms with Crippen LogP contribution in [0.5, 0.6) is 11.5 Å². The first-order chi connectivity index (χ1) is 10.1. The molecule has 4 heteroatoms. The number of rotatable bonds is 6. The lowest BCUT2D eigenvalue weighted by molar-refractivity contribution is 0.286. The molecule has 0 saturated heterocycles. The van der Waals surface area contributed by atoms with Gasteiger partial charge in [0.05, 0.1) is 13.2 Å². The van der Waals surface area contributed by atoms with Crippen LogP contribution in [0.15, 0.2) is 16.6 Å². The summed E-state index contributed by atoms with van der Waals surface area (Å²) in [4.78, 5) is 0. The lowest BCUT2D eigenvalue weighted by atomic mass is 9.86. The van der Waals surface area contributed by atoms with Gasteiger partial charge >= 0.3 is 0 Å². The summed E-state index contributed by atoms with van der Waals surface area (Å²) < 4.78 is 12.4. The molecule has 0 aliphatic heterocycles. The molecule has 2 rings (SSSR count). The van der Waals surface area contributed by atoms with Gasteiger partial charge in [-0.25, -0.2) is 0 Å². The Morgan fingerprint density at radius 3 is 2.33 bits per heavy atom. The molecule has 0 spiro atoms. The Labute approximate surface area is 136 Å². The van der Waals surface area contributed by atoms with Gasteiger partial charge < -0.3 is 15.2 Å². The van der Waals surface area contributed by atoms with Gasteiger partial charge in [0.15, 0.2) is 11.5 Å². The van der Waals surface area contributed by atoms with Gasteiger partial charge in [-0.3, -0.25) is 0 Å². The molecule has 0 bridgehead atoms. The standard InChI is InChI=1S/C17H26BrNO2/c1-4-20-15-9-13(14(18)10-16(15)21-5-2)17(19)12-8-6-7-11(12)3/h9-12,17H,4-8,19H2,1-3H3. The van der Waals surface area contributed by atoms with Crippen LogP contribution >= 0.6 is 15.9 Å². The normalized spacial score (nSPS) is 23.1. The van der Waals surface area contributed by atoms with E-state index in [1.54, 1.807) is 0 Å². The highest BCUT2D eigenvalue weighted by molar-refractivity contribution is 9.10. The van der Waals surface area contributed by atoms with Crippen LogP contribution in [0.3, 0.4) is 0 Å². The third-order valence-electron chi connectivity index (χ3n) is 4.41. The SMILES string of the molecule is CCOc1cc(Br)c(C(N)C2CCCC2C)cc1OCC. The van der Waals surface area contributed by atoms with Crippen molar-refractivity contribution in [2.75, 3.05) is 13.2 Å². The molecule has 1 fully saturated rings. The zero-order valence-electron chi connectivity index (χ0n) is 13.2. The third-order valence-corrected chi connectivity index (χ3v) is 5.10. The van der Waals surface area contributed by atoms with E-state index >= 15 is 0 Å². The lowest BCUT2D eigenvalue weighted by Crippen LogP contribution is -2.23. The van der Waals surface area contributed by atoms with E-state index in [0.29, 0.717) is 25.0 Å². The number of ether oxygens (including phenoxy) is 2. The molecule has 1 aromatic rings. The first-order valence-corrected chi connectivity index (χ1v) is 8.72. The summed E-state index contributed by atoms with van der Waals surface area (Å²) in [5.74, 6) is 2.81. The van der Waals surface area contributed by atoms with Gasteiger partial charge in [-0.2, -0.15) is 0 Å². The second-order valence-electron chi connectivity index (χ2n) is 5.78. The Hall–Kier alpha value is -0.740. The zero-order valence-corrected chi connectivity index (χ0v) is 14.8. The topological polar surface area (TPSA) is 44.5 Å². The lowest BCUT2D eigenvalue weighted by Gasteiger charge is -2.25. The van der Waals surface area contributed by atoms with Crippen LogP contribution in [0, 0.1) is 11.8 Å². The molecular weight excluding hydrogens is 330 g/mol. The number of halogens is 1. The van der Waals surface area contributed by atoms with Gasteiger partial charge in [0, 0.05) is 10.5 Å². The zero-order chi connectivity index (χ0) is 15.4. The summed E-state index contributed by atoms with van der Waals surface area (Å²) in [7, 11) is 0. The summed E-state index contributed by atoms with van der Waals surface area (Å²) >= 11 is 3.65. The highest BCUT2D eigenvalue weighted by Gasteiger charge is 2.31. The smallest absolute Gasteiger partial charge is 0.162 e. The predicted octanol–water partition coefficient (Wildman–Crippen LogP) is 4.68. The number of nitrogens with two attached hydrogens (primary N) is 1. The van der Waals surface area contributed by atoms with Crippen molar-refractivity contribution in [3.05, 3.63) is 22.2 Å². The van der Waals surface area contributed by atoms with Crippen LogP contribution < -0.4 is 15.2 Å². The molecule has 3 atom stereocenters. The molecule has 2 N–H and O–H groups in total. The number of hydrogen-bond acceptors (Lipinski definition) is 3. The van der Waals surface area contributed by atoms with E-state index in [2.05, 4.69) is 22.9 Å². The van der Waals surface area contributed by atoms with E-state index in [0.717, 1.165) is 21.5 Å². The van der Waals surface area contributed by atoms with Crippen LogP contribution in [-0.2, 0) is 0 Å². The highest BCUT2D eigenvalue weighted by Crippen LogP contribution is 2.43. The molecule has 1 saturated carbocycles. The quantitative estimate of drug-likeness (QED) is 0.805. The van der Waals surface area contributed by atoms with Crippen LogP contribution in [0.4, 0.5) is 0 Å². The van der Waals surface area contributed by atoms with Crippen LogP contribution in [0.1, 0.15) is 51.6 Å². The Balaban J connectivity index is 2.31.